The third-order valence-corrected chi connectivity index (χ3v) is 1.68. The van der Waals surface area contributed by atoms with Gasteiger partial charge in [0.05, 0.1) is 12.7 Å². The molecule has 5 nitrogen and oxygen atoms in total. The minimum absolute atomic E-state index is 0.242. The molecule has 1 aromatic heterocycles. The molecule has 0 fully saturated rings. The molecule has 0 saturated heterocycles. The molecule has 1 rings (SSSR count). The molecule has 0 unspecified atom stereocenters. The fourth-order valence-electron chi connectivity index (χ4n) is 0.996. The highest BCUT2D eigenvalue weighted by atomic mass is 16.3. The number of nitrogens with zero attached hydrogens (tertiary/aromatic N) is 2. The van der Waals surface area contributed by atoms with Gasteiger partial charge in [-0.25, -0.2) is 4.98 Å². The Morgan fingerprint density at radius 2 is 2.53 bits per heavy atom. The standard InChI is InChI=1S/C10H13N3O2/c1-3-4-8(11-2)10(14)13-7-9-12-5-6-15-9/h3-6H,7H2,1-2H3,(H,13,14)/b4-3-,11-8?. The molecule has 0 spiro atoms. The van der Waals surface area contributed by atoms with Crippen molar-refractivity contribution in [1.29, 1.82) is 0 Å². The lowest BCUT2D eigenvalue weighted by Gasteiger charge is -2.01. The van der Waals surface area contributed by atoms with E-state index in [9.17, 15) is 4.79 Å². The van der Waals surface area contributed by atoms with Crippen molar-refractivity contribution in [2.45, 2.75) is 13.5 Å². The summed E-state index contributed by atoms with van der Waals surface area (Å²) in [6.45, 7) is 2.09. The Hall–Kier alpha value is -1.91. The van der Waals surface area contributed by atoms with Crippen LogP contribution in [0.2, 0.25) is 0 Å². The van der Waals surface area contributed by atoms with Crippen LogP contribution >= 0.6 is 0 Å². The smallest absolute Gasteiger partial charge is 0.269 e. The Morgan fingerprint density at radius 3 is 3.07 bits per heavy atom. The summed E-state index contributed by atoms with van der Waals surface area (Å²) >= 11 is 0. The van der Waals surface area contributed by atoms with Crippen LogP contribution < -0.4 is 5.32 Å². The molecule has 0 radical (unpaired) electrons. The van der Waals surface area contributed by atoms with E-state index >= 15 is 0 Å². The average Bonchev–Trinajstić information content (AvgIpc) is 2.75. The first kappa shape index (κ1) is 11.2. The van der Waals surface area contributed by atoms with Gasteiger partial charge in [-0.3, -0.25) is 9.79 Å². The van der Waals surface area contributed by atoms with Gasteiger partial charge in [-0.05, 0) is 13.0 Å². The molecule has 0 atom stereocenters. The molecule has 0 aliphatic carbocycles. The maximum absolute atomic E-state index is 11.5. The first-order valence-electron chi connectivity index (χ1n) is 4.54. The predicted octanol–water partition coefficient (Wildman–Crippen LogP) is 0.938. The molecule has 15 heavy (non-hydrogen) atoms. The molecule has 0 aromatic carbocycles. The number of rotatable bonds is 4. The number of aliphatic imine (C=N–C) groups is 1. The summed E-state index contributed by atoms with van der Waals surface area (Å²) < 4.78 is 4.97. The lowest BCUT2D eigenvalue weighted by Crippen LogP contribution is -2.29. The average molecular weight is 207 g/mol. The Labute approximate surface area is 87.9 Å². The second kappa shape index (κ2) is 5.74. The first-order valence-corrected chi connectivity index (χ1v) is 4.54. The van der Waals surface area contributed by atoms with Crippen molar-refractivity contribution in [3.8, 4) is 0 Å². The molecule has 0 saturated carbocycles. The van der Waals surface area contributed by atoms with Crippen molar-refractivity contribution in [3.63, 3.8) is 0 Å². The highest BCUT2D eigenvalue weighted by Crippen LogP contribution is 1.93. The normalized spacial score (nSPS) is 12.0. The topological polar surface area (TPSA) is 67.5 Å². The van der Waals surface area contributed by atoms with Gasteiger partial charge in [-0.2, -0.15) is 0 Å². The van der Waals surface area contributed by atoms with Crippen LogP contribution in [0.15, 0.2) is 34.0 Å². The molecule has 5 heteroatoms. The van der Waals surface area contributed by atoms with Gasteiger partial charge in [0.25, 0.3) is 5.91 Å². The molecule has 0 bridgehead atoms. The lowest BCUT2D eigenvalue weighted by molar-refractivity contribution is -0.115. The Morgan fingerprint density at radius 1 is 1.73 bits per heavy atom. The quantitative estimate of drug-likeness (QED) is 0.747. The van der Waals surface area contributed by atoms with E-state index in [1.807, 2.05) is 6.92 Å². The van der Waals surface area contributed by atoms with Crippen molar-refractivity contribution < 1.29 is 9.21 Å². The van der Waals surface area contributed by atoms with E-state index < -0.39 is 0 Å². The van der Waals surface area contributed by atoms with Crippen molar-refractivity contribution >= 4 is 11.6 Å². The number of aromatic nitrogens is 1. The van der Waals surface area contributed by atoms with Gasteiger partial charge >= 0.3 is 0 Å². The predicted molar refractivity (Wildman–Crippen MR) is 56.5 cm³/mol. The minimum atomic E-state index is -0.242. The molecule has 80 valence electrons. The number of oxazole rings is 1. The molecule has 0 aliphatic heterocycles. The second-order valence-electron chi connectivity index (χ2n) is 2.72. The van der Waals surface area contributed by atoms with Crippen LogP contribution in [0, 0.1) is 0 Å². The first-order chi connectivity index (χ1) is 7.27. The van der Waals surface area contributed by atoms with Crippen molar-refractivity contribution in [2.24, 2.45) is 4.99 Å². The van der Waals surface area contributed by atoms with Crippen molar-refractivity contribution in [1.82, 2.24) is 10.3 Å². The fraction of sp³-hybridized carbons (Fsp3) is 0.300. The van der Waals surface area contributed by atoms with Crippen LogP contribution in [-0.2, 0) is 11.3 Å². The summed E-state index contributed by atoms with van der Waals surface area (Å²) in [5.41, 5.74) is 0.379. The molecule has 1 amide bonds. The summed E-state index contributed by atoms with van der Waals surface area (Å²) in [6.07, 6.45) is 6.39. The third-order valence-electron chi connectivity index (χ3n) is 1.68. The van der Waals surface area contributed by atoms with Crippen LogP contribution in [0.4, 0.5) is 0 Å². The van der Waals surface area contributed by atoms with E-state index in [0.29, 0.717) is 11.6 Å². The number of amides is 1. The number of carbonyl (C=O) groups is 1. The lowest BCUT2D eigenvalue weighted by atomic mass is 10.3. The number of allylic oxidation sites excluding steroid dienone is 1. The number of nitrogens with one attached hydrogen (secondary N) is 1. The monoisotopic (exact) mass is 207 g/mol. The van der Waals surface area contributed by atoms with Gasteiger partial charge in [0, 0.05) is 7.05 Å². The zero-order valence-electron chi connectivity index (χ0n) is 8.73. The van der Waals surface area contributed by atoms with Crippen LogP contribution in [0.5, 0.6) is 0 Å². The summed E-state index contributed by atoms with van der Waals surface area (Å²) in [5.74, 6) is 0.230. The van der Waals surface area contributed by atoms with Crippen LogP contribution in [-0.4, -0.2) is 23.7 Å². The van der Waals surface area contributed by atoms with E-state index in [1.54, 1.807) is 19.2 Å². The van der Waals surface area contributed by atoms with E-state index in [-0.39, 0.29) is 12.5 Å². The zero-order chi connectivity index (χ0) is 11.1. The van der Waals surface area contributed by atoms with Crippen LogP contribution in [0.25, 0.3) is 0 Å². The van der Waals surface area contributed by atoms with Crippen LogP contribution in [0.3, 0.4) is 0 Å². The van der Waals surface area contributed by atoms with Gasteiger partial charge in [0.1, 0.15) is 12.0 Å². The number of hydrogen-bond acceptors (Lipinski definition) is 4. The molecular weight excluding hydrogens is 194 g/mol. The van der Waals surface area contributed by atoms with E-state index in [0.717, 1.165) is 0 Å². The maximum Gasteiger partial charge on any atom is 0.269 e. The van der Waals surface area contributed by atoms with Crippen LogP contribution in [0.1, 0.15) is 12.8 Å². The Kier molecular flexibility index (Phi) is 4.28. The SMILES string of the molecule is C/C=C\C(=NC)C(=O)NCc1ncco1. The second-order valence-corrected chi connectivity index (χ2v) is 2.72. The van der Waals surface area contributed by atoms with Gasteiger partial charge in [0.2, 0.25) is 5.89 Å². The van der Waals surface area contributed by atoms with Gasteiger partial charge < -0.3 is 9.73 Å². The summed E-state index contributed by atoms with van der Waals surface area (Å²) in [4.78, 5) is 19.2. The highest BCUT2D eigenvalue weighted by Gasteiger charge is 2.07. The van der Waals surface area contributed by atoms with E-state index in [1.165, 1.54) is 12.5 Å². The van der Waals surface area contributed by atoms with Crippen molar-refractivity contribution in [2.75, 3.05) is 7.05 Å². The highest BCUT2D eigenvalue weighted by molar-refractivity contribution is 6.43. The molecule has 0 aliphatic rings. The Balaban J connectivity index is 2.49. The molecule has 1 aromatic rings. The minimum Gasteiger partial charge on any atom is -0.447 e. The molecule has 1 heterocycles. The van der Waals surface area contributed by atoms with Gasteiger partial charge in [0.15, 0.2) is 0 Å². The summed E-state index contributed by atoms with van der Waals surface area (Å²) in [5, 5.41) is 2.64. The molecule has 1 N–H and O–H groups in total. The summed E-state index contributed by atoms with van der Waals surface area (Å²) in [6, 6.07) is 0. The zero-order valence-corrected chi connectivity index (χ0v) is 8.73. The maximum atomic E-state index is 11.5. The van der Waals surface area contributed by atoms with E-state index in [2.05, 4.69) is 15.3 Å². The number of hydrogen-bond donors (Lipinski definition) is 1. The molecular formula is C10H13N3O2. The van der Waals surface area contributed by atoms with Gasteiger partial charge in [-0.1, -0.05) is 6.08 Å². The Bertz CT molecular complexity index is 366. The largest absolute Gasteiger partial charge is 0.447 e. The van der Waals surface area contributed by atoms with Crippen molar-refractivity contribution in [3.05, 3.63) is 30.5 Å². The third kappa shape index (κ3) is 3.38. The summed E-state index contributed by atoms with van der Waals surface area (Å²) in [7, 11) is 1.57. The fourth-order valence-corrected chi connectivity index (χ4v) is 0.996. The van der Waals surface area contributed by atoms with E-state index in [4.69, 9.17) is 4.42 Å². The van der Waals surface area contributed by atoms with Gasteiger partial charge in [-0.15, -0.1) is 0 Å². The number of carbonyl (C=O) groups excluding carboxylic acids is 1.